The van der Waals surface area contributed by atoms with Crippen LogP contribution in [0.15, 0.2) is 35.8 Å². The molecule has 4 heteroatoms. The highest BCUT2D eigenvalue weighted by Gasteiger charge is 1.96. The monoisotopic (exact) mass is 234 g/mol. The molecule has 3 nitrogen and oxygen atoms in total. The van der Waals surface area contributed by atoms with Crippen molar-refractivity contribution in [3.8, 4) is 0 Å². The van der Waals surface area contributed by atoms with E-state index in [0.717, 1.165) is 18.6 Å². The van der Waals surface area contributed by atoms with Gasteiger partial charge in [0.25, 0.3) is 0 Å². The molecule has 2 aromatic rings. The van der Waals surface area contributed by atoms with E-state index < -0.39 is 0 Å². The summed E-state index contributed by atoms with van der Waals surface area (Å²) in [6.07, 6.45) is 2.67. The van der Waals surface area contributed by atoms with Crippen molar-refractivity contribution in [1.82, 2.24) is 4.98 Å². The Morgan fingerprint density at radius 3 is 3.06 bits per heavy atom. The largest absolute Gasteiger partial charge is 0.384 e. The SMILES string of the molecule is Nc1cc(COCCc2cccs2)ccn1. The third-order valence-electron chi connectivity index (χ3n) is 2.19. The Bertz CT molecular complexity index is 428. The van der Waals surface area contributed by atoms with Crippen LogP contribution in [0.5, 0.6) is 0 Å². The van der Waals surface area contributed by atoms with Gasteiger partial charge in [0.05, 0.1) is 13.2 Å². The topological polar surface area (TPSA) is 48.1 Å². The van der Waals surface area contributed by atoms with Gasteiger partial charge >= 0.3 is 0 Å². The number of nitrogen functional groups attached to an aromatic ring is 1. The molecule has 0 amide bonds. The second kappa shape index (κ2) is 5.63. The fraction of sp³-hybridized carbons (Fsp3) is 0.250. The molecular weight excluding hydrogens is 220 g/mol. The van der Waals surface area contributed by atoms with Crippen molar-refractivity contribution in [3.63, 3.8) is 0 Å². The van der Waals surface area contributed by atoms with Crippen LogP contribution in [0.1, 0.15) is 10.4 Å². The van der Waals surface area contributed by atoms with Gasteiger partial charge in [-0.15, -0.1) is 11.3 Å². The molecule has 0 aromatic carbocycles. The molecule has 0 atom stereocenters. The van der Waals surface area contributed by atoms with Crippen molar-refractivity contribution < 1.29 is 4.74 Å². The highest BCUT2D eigenvalue weighted by molar-refractivity contribution is 7.09. The first-order valence-corrected chi connectivity index (χ1v) is 6.03. The first-order chi connectivity index (χ1) is 7.84. The predicted octanol–water partition coefficient (Wildman–Crippen LogP) is 2.48. The first-order valence-electron chi connectivity index (χ1n) is 5.15. The second-order valence-corrected chi connectivity index (χ2v) is 4.50. The van der Waals surface area contributed by atoms with E-state index in [9.17, 15) is 0 Å². The first kappa shape index (κ1) is 11.1. The van der Waals surface area contributed by atoms with Crippen molar-refractivity contribution >= 4 is 17.2 Å². The summed E-state index contributed by atoms with van der Waals surface area (Å²) >= 11 is 1.76. The Balaban J connectivity index is 1.72. The Labute approximate surface area is 98.9 Å². The fourth-order valence-corrected chi connectivity index (χ4v) is 2.09. The lowest BCUT2D eigenvalue weighted by Gasteiger charge is -2.03. The van der Waals surface area contributed by atoms with Crippen LogP contribution in [0.2, 0.25) is 0 Å². The van der Waals surface area contributed by atoms with Gasteiger partial charge in [-0.05, 0) is 29.1 Å². The predicted molar refractivity (Wildman–Crippen MR) is 66.3 cm³/mol. The van der Waals surface area contributed by atoms with Crippen molar-refractivity contribution in [2.75, 3.05) is 12.3 Å². The van der Waals surface area contributed by atoms with Crippen LogP contribution in [0.4, 0.5) is 5.82 Å². The number of aromatic nitrogens is 1. The molecule has 0 saturated heterocycles. The van der Waals surface area contributed by atoms with Crippen molar-refractivity contribution in [3.05, 3.63) is 46.3 Å². The summed E-state index contributed by atoms with van der Waals surface area (Å²) in [4.78, 5) is 5.29. The van der Waals surface area contributed by atoms with Gasteiger partial charge in [-0.2, -0.15) is 0 Å². The van der Waals surface area contributed by atoms with E-state index in [1.807, 2.05) is 12.1 Å². The zero-order valence-corrected chi connectivity index (χ0v) is 9.74. The molecule has 0 bridgehead atoms. The molecule has 0 spiro atoms. The van der Waals surface area contributed by atoms with Crippen molar-refractivity contribution in [2.45, 2.75) is 13.0 Å². The van der Waals surface area contributed by atoms with Gasteiger partial charge in [0.15, 0.2) is 0 Å². The number of anilines is 1. The van der Waals surface area contributed by atoms with Gasteiger partial charge in [-0.1, -0.05) is 6.07 Å². The summed E-state index contributed by atoms with van der Waals surface area (Å²) in [5.74, 6) is 0.541. The van der Waals surface area contributed by atoms with E-state index in [4.69, 9.17) is 10.5 Å². The summed E-state index contributed by atoms with van der Waals surface area (Å²) in [5, 5.41) is 2.08. The number of rotatable bonds is 5. The zero-order valence-electron chi connectivity index (χ0n) is 8.93. The minimum atomic E-state index is 0.541. The summed E-state index contributed by atoms with van der Waals surface area (Å²) in [6.45, 7) is 1.33. The van der Waals surface area contributed by atoms with Crippen LogP contribution in [-0.4, -0.2) is 11.6 Å². The lowest BCUT2D eigenvalue weighted by molar-refractivity contribution is 0.124. The molecule has 0 radical (unpaired) electrons. The standard InChI is InChI=1S/C12H14N2OS/c13-12-8-10(3-5-14-12)9-15-6-4-11-2-1-7-16-11/h1-3,5,7-8H,4,6,9H2,(H2,13,14). The minimum Gasteiger partial charge on any atom is -0.384 e. The number of ether oxygens (including phenoxy) is 1. The second-order valence-electron chi connectivity index (χ2n) is 3.47. The Morgan fingerprint density at radius 2 is 2.31 bits per heavy atom. The molecule has 0 unspecified atom stereocenters. The van der Waals surface area contributed by atoms with Gasteiger partial charge in [-0.3, -0.25) is 0 Å². The number of nitrogens with zero attached hydrogens (tertiary/aromatic N) is 1. The third-order valence-corrected chi connectivity index (χ3v) is 3.12. The third kappa shape index (κ3) is 3.32. The van der Waals surface area contributed by atoms with E-state index in [2.05, 4.69) is 22.5 Å². The Morgan fingerprint density at radius 1 is 1.38 bits per heavy atom. The summed E-state index contributed by atoms with van der Waals surface area (Å²) in [6, 6.07) is 7.94. The molecule has 2 N–H and O–H groups in total. The zero-order chi connectivity index (χ0) is 11.2. The van der Waals surface area contributed by atoms with E-state index in [-0.39, 0.29) is 0 Å². The lowest BCUT2D eigenvalue weighted by Crippen LogP contribution is -1.99. The molecular formula is C12H14N2OS. The average Bonchev–Trinajstić information content (AvgIpc) is 2.77. The molecule has 2 rings (SSSR count). The quantitative estimate of drug-likeness (QED) is 0.808. The summed E-state index contributed by atoms with van der Waals surface area (Å²) < 4.78 is 5.57. The maximum atomic E-state index is 5.58. The van der Waals surface area contributed by atoms with Crippen LogP contribution in [-0.2, 0) is 17.8 Å². The Hall–Kier alpha value is -1.39. The minimum absolute atomic E-state index is 0.541. The van der Waals surface area contributed by atoms with Crippen LogP contribution >= 0.6 is 11.3 Å². The molecule has 84 valence electrons. The van der Waals surface area contributed by atoms with E-state index in [0.29, 0.717) is 12.4 Å². The Kier molecular flexibility index (Phi) is 3.91. The van der Waals surface area contributed by atoms with E-state index in [1.165, 1.54) is 4.88 Å². The molecule has 0 aliphatic rings. The van der Waals surface area contributed by atoms with Gasteiger partial charge < -0.3 is 10.5 Å². The normalized spacial score (nSPS) is 10.5. The van der Waals surface area contributed by atoms with E-state index in [1.54, 1.807) is 17.5 Å². The van der Waals surface area contributed by atoms with Crippen molar-refractivity contribution in [2.24, 2.45) is 0 Å². The van der Waals surface area contributed by atoms with Crippen molar-refractivity contribution in [1.29, 1.82) is 0 Å². The fourth-order valence-electron chi connectivity index (χ4n) is 1.40. The maximum absolute atomic E-state index is 5.58. The summed E-state index contributed by atoms with van der Waals surface area (Å²) in [5.41, 5.74) is 6.64. The summed E-state index contributed by atoms with van der Waals surface area (Å²) in [7, 11) is 0. The lowest BCUT2D eigenvalue weighted by atomic mass is 10.3. The van der Waals surface area contributed by atoms with Crippen LogP contribution in [0.3, 0.4) is 0 Å². The molecule has 0 aliphatic carbocycles. The number of hydrogen-bond donors (Lipinski definition) is 1. The van der Waals surface area contributed by atoms with Crippen LogP contribution in [0, 0.1) is 0 Å². The maximum Gasteiger partial charge on any atom is 0.123 e. The van der Waals surface area contributed by atoms with Gasteiger partial charge in [0.1, 0.15) is 5.82 Å². The molecule has 2 heterocycles. The van der Waals surface area contributed by atoms with Crippen LogP contribution < -0.4 is 5.73 Å². The van der Waals surface area contributed by atoms with Gasteiger partial charge in [0.2, 0.25) is 0 Å². The number of nitrogens with two attached hydrogens (primary N) is 1. The van der Waals surface area contributed by atoms with Crippen LogP contribution in [0.25, 0.3) is 0 Å². The average molecular weight is 234 g/mol. The molecule has 2 aromatic heterocycles. The van der Waals surface area contributed by atoms with Gasteiger partial charge in [0, 0.05) is 17.5 Å². The highest BCUT2D eigenvalue weighted by Crippen LogP contribution is 2.10. The molecule has 16 heavy (non-hydrogen) atoms. The molecule has 0 aliphatic heterocycles. The van der Waals surface area contributed by atoms with Gasteiger partial charge in [-0.25, -0.2) is 4.98 Å². The number of hydrogen-bond acceptors (Lipinski definition) is 4. The molecule has 0 saturated carbocycles. The number of pyridine rings is 1. The smallest absolute Gasteiger partial charge is 0.123 e. The highest BCUT2D eigenvalue weighted by atomic mass is 32.1. The van der Waals surface area contributed by atoms with E-state index >= 15 is 0 Å². The number of thiophene rings is 1. The molecule has 0 fully saturated rings.